The molecule has 1 saturated carbocycles. The molecule has 6 nitrogen and oxygen atoms in total. The van der Waals surface area contributed by atoms with Gasteiger partial charge in [0.05, 0.1) is 29.7 Å². The van der Waals surface area contributed by atoms with Crippen LogP contribution < -0.4 is 4.74 Å². The van der Waals surface area contributed by atoms with E-state index in [-0.39, 0.29) is 0 Å². The maximum atomic E-state index is 10.7. The molecule has 0 bridgehead atoms. The van der Waals surface area contributed by atoms with Gasteiger partial charge >= 0.3 is 0 Å². The Labute approximate surface area is 203 Å². The van der Waals surface area contributed by atoms with Crippen molar-refractivity contribution < 1.29 is 14.6 Å². The molecule has 0 amide bonds. The summed E-state index contributed by atoms with van der Waals surface area (Å²) in [6, 6.07) is 18.6. The molecular formula is C28H37N3O3. The fraction of sp³-hybridized carbons (Fsp3) is 0.464. The Bertz CT molecular complexity index is 1060. The highest BCUT2D eigenvalue weighted by Gasteiger charge is 2.32. The van der Waals surface area contributed by atoms with Crippen LogP contribution in [0, 0.1) is 19.8 Å². The predicted molar refractivity (Wildman–Crippen MR) is 135 cm³/mol. The Kier molecular flexibility index (Phi) is 8.03. The predicted octanol–water partition coefficient (Wildman–Crippen LogP) is 5.28. The van der Waals surface area contributed by atoms with Gasteiger partial charge in [-0.15, -0.1) is 0 Å². The minimum absolute atomic E-state index is 0.357. The van der Waals surface area contributed by atoms with Crippen molar-refractivity contribution in [1.82, 2.24) is 14.7 Å². The zero-order valence-corrected chi connectivity index (χ0v) is 20.8. The second kappa shape index (κ2) is 11.2. The second-order valence-corrected chi connectivity index (χ2v) is 9.78. The van der Waals surface area contributed by atoms with E-state index in [9.17, 15) is 5.11 Å². The first-order valence-corrected chi connectivity index (χ1v) is 12.3. The molecule has 1 aromatic heterocycles. The van der Waals surface area contributed by atoms with E-state index in [1.807, 2.05) is 60.1 Å². The van der Waals surface area contributed by atoms with E-state index in [4.69, 9.17) is 14.6 Å². The number of aliphatic hydroxyl groups is 1. The van der Waals surface area contributed by atoms with Crippen LogP contribution in [0.25, 0.3) is 5.69 Å². The quantitative estimate of drug-likeness (QED) is 0.396. The highest BCUT2D eigenvalue weighted by molar-refractivity contribution is 5.43. The van der Waals surface area contributed by atoms with Crippen molar-refractivity contribution in [2.24, 2.45) is 5.92 Å². The summed E-state index contributed by atoms with van der Waals surface area (Å²) >= 11 is 0. The monoisotopic (exact) mass is 463 g/mol. The number of rotatable bonds is 12. The smallest absolute Gasteiger partial charge is 0.227 e. The molecule has 1 aliphatic rings. The van der Waals surface area contributed by atoms with Gasteiger partial charge in [-0.3, -0.25) is 4.90 Å². The lowest BCUT2D eigenvalue weighted by atomic mass is 10.2. The lowest BCUT2D eigenvalue weighted by Gasteiger charge is -2.25. The van der Waals surface area contributed by atoms with Crippen molar-refractivity contribution in [2.75, 3.05) is 19.8 Å². The van der Waals surface area contributed by atoms with Crippen molar-refractivity contribution in [3.63, 3.8) is 0 Å². The van der Waals surface area contributed by atoms with Gasteiger partial charge in [-0.2, -0.15) is 5.10 Å². The summed E-state index contributed by atoms with van der Waals surface area (Å²) in [6.45, 7) is 10.6. The molecule has 3 aromatic rings. The number of aliphatic hydroxyl groups excluding tert-OH is 1. The summed E-state index contributed by atoms with van der Waals surface area (Å²) in [5.74, 6) is 1.98. The van der Waals surface area contributed by atoms with Crippen LogP contribution in [0.5, 0.6) is 11.6 Å². The molecule has 1 unspecified atom stereocenters. The molecule has 0 radical (unpaired) electrons. The fourth-order valence-electron chi connectivity index (χ4n) is 4.11. The zero-order valence-electron chi connectivity index (χ0n) is 20.8. The summed E-state index contributed by atoms with van der Waals surface area (Å²) in [5.41, 5.74) is 4.08. The van der Waals surface area contributed by atoms with Gasteiger partial charge in [0, 0.05) is 25.7 Å². The highest BCUT2D eigenvalue weighted by Crippen LogP contribution is 2.35. The van der Waals surface area contributed by atoms with Crippen molar-refractivity contribution in [2.45, 2.75) is 59.2 Å². The van der Waals surface area contributed by atoms with E-state index in [0.29, 0.717) is 38.3 Å². The normalized spacial score (nSPS) is 14.7. The van der Waals surface area contributed by atoms with Crippen LogP contribution in [0.2, 0.25) is 0 Å². The van der Waals surface area contributed by atoms with Crippen molar-refractivity contribution in [3.05, 3.63) is 71.4 Å². The molecule has 34 heavy (non-hydrogen) atoms. The number of nitrogens with zero attached hydrogens (tertiary/aromatic N) is 3. The number of ether oxygens (including phenoxy) is 2. The largest absolute Gasteiger partial charge is 0.439 e. The third kappa shape index (κ3) is 6.47. The molecule has 1 aliphatic carbocycles. The molecule has 1 atom stereocenters. The van der Waals surface area contributed by atoms with Gasteiger partial charge in [-0.1, -0.05) is 44.2 Å². The SMILES string of the molecule is Cc1cccc(Oc2c(CN(CC(O)COCC(C)C)C3CC3)c(C)nn2-c2ccccc2)c1. The second-order valence-electron chi connectivity index (χ2n) is 9.78. The molecule has 1 fully saturated rings. The minimum Gasteiger partial charge on any atom is -0.439 e. The molecule has 182 valence electrons. The molecule has 2 aromatic carbocycles. The number of hydrogen-bond donors (Lipinski definition) is 1. The van der Waals surface area contributed by atoms with Crippen molar-refractivity contribution >= 4 is 0 Å². The van der Waals surface area contributed by atoms with Gasteiger partial charge in [-0.05, 0) is 62.4 Å². The molecule has 0 aliphatic heterocycles. The maximum absolute atomic E-state index is 10.7. The van der Waals surface area contributed by atoms with Crippen LogP contribution in [-0.4, -0.2) is 51.7 Å². The van der Waals surface area contributed by atoms with E-state index in [1.165, 1.54) is 0 Å². The van der Waals surface area contributed by atoms with Crippen LogP contribution in [0.4, 0.5) is 0 Å². The maximum Gasteiger partial charge on any atom is 0.227 e. The molecular weight excluding hydrogens is 426 g/mol. The van der Waals surface area contributed by atoms with E-state index >= 15 is 0 Å². The third-order valence-electron chi connectivity index (χ3n) is 5.97. The number of hydrogen-bond acceptors (Lipinski definition) is 5. The van der Waals surface area contributed by atoms with Gasteiger partial charge in [0.25, 0.3) is 0 Å². The van der Waals surface area contributed by atoms with Gasteiger partial charge < -0.3 is 14.6 Å². The Morgan fingerprint density at radius 2 is 1.82 bits per heavy atom. The number of para-hydroxylation sites is 1. The van der Waals surface area contributed by atoms with Crippen molar-refractivity contribution in [3.8, 4) is 17.3 Å². The first-order chi connectivity index (χ1) is 16.4. The standard InChI is InChI=1S/C28H37N3O3/c1-20(2)18-33-19-25(32)16-30(23-13-14-23)17-27-22(4)29-31(24-10-6-5-7-11-24)28(27)34-26-12-8-9-21(3)15-26/h5-12,15,20,23,25,32H,13-14,16-19H2,1-4H3. The summed E-state index contributed by atoms with van der Waals surface area (Å²) in [5, 5.41) is 15.5. The van der Waals surface area contributed by atoms with E-state index in [1.54, 1.807) is 0 Å². The van der Waals surface area contributed by atoms with Crippen LogP contribution >= 0.6 is 0 Å². The highest BCUT2D eigenvalue weighted by atomic mass is 16.5. The molecule has 4 rings (SSSR count). The number of aryl methyl sites for hydroxylation is 2. The molecule has 0 spiro atoms. The van der Waals surface area contributed by atoms with E-state index in [2.05, 4.69) is 31.7 Å². The summed E-state index contributed by atoms with van der Waals surface area (Å²) < 4.78 is 14.1. The molecule has 1 N–H and O–H groups in total. The minimum atomic E-state index is -0.523. The topological polar surface area (TPSA) is 59.8 Å². The Hall–Kier alpha value is -2.67. The first-order valence-electron chi connectivity index (χ1n) is 12.3. The Morgan fingerprint density at radius 1 is 1.06 bits per heavy atom. The lowest BCUT2D eigenvalue weighted by molar-refractivity contribution is 0.00536. The molecule has 0 saturated heterocycles. The van der Waals surface area contributed by atoms with Crippen molar-refractivity contribution in [1.29, 1.82) is 0 Å². The average Bonchev–Trinajstić information content (AvgIpc) is 3.60. The number of aromatic nitrogens is 2. The first kappa shape index (κ1) is 24.5. The summed E-state index contributed by atoms with van der Waals surface area (Å²) in [7, 11) is 0. The van der Waals surface area contributed by atoms with Crippen LogP contribution in [0.3, 0.4) is 0 Å². The van der Waals surface area contributed by atoms with Gasteiger partial charge in [-0.25, -0.2) is 4.68 Å². The van der Waals surface area contributed by atoms with Crippen LogP contribution in [-0.2, 0) is 11.3 Å². The van der Waals surface area contributed by atoms with Gasteiger partial charge in [0.1, 0.15) is 5.75 Å². The third-order valence-corrected chi connectivity index (χ3v) is 5.97. The van der Waals surface area contributed by atoms with E-state index < -0.39 is 6.10 Å². The molecule has 1 heterocycles. The van der Waals surface area contributed by atoms with Gasteiger partial charge in [0.2, 0.25) is 5.88 Å². The fourth-order valence-corrected chi connectivity index (χ4v) is 4.11. The lowest BCUT2D eigenvalue weighted by Crippen LogP contribution is -2.36. The summed E-state index contributed by atoms with van der Waals surface area (Å²) in [4.78, 5) is 2.35. The Morgan fingerprint density at radius 3 is 2.50 bits per heavy atom. The van der Waals surface area contributed by atoms with E-state index in [0.717, 1.165) is 47.0 Å². The summed E-state index contributed by atoms with van der Waals surface area (Å²) in [6.07, 6.45) is 1.78. The van der Waals surface area contributed by atoms with Gasteiger partial charge in [0.15, 0.2) is 0 Å². The zero-order chi connectivity index (χ0) is 24.1. The van der Waals surface area contributed by atoms with Crippen LogP contribution in [0.1, 0.15) is 43.5 Å². The molecule has 6 heteroatoms. The Balaban J connectivity index is 1.60. The van der Waals surface area contributed by atoms with Crippen LogP contribution in [0.15, 0.2) is 54.6 Å². The number of benzene rings is 2. The average molecular weight is 464 g/mol.